The van der Waals surface area contributed by atoms with Crippen LogP contribution in [0, 0.1) is 6.92 Å². The minimum atomic E-state index is -0.552. The Hall–Kier alpha value is -4.61. The van der Waals surface area contributed by atoms with Crippen LogP contribution in [0.5, 0.6) is 0 Å². The summed E-state index contributed by atoms with van der Waals surface area (Å²) in [6.07, 6.45) is 1.85. The maximum absolute atomic E-state index is 13.3. The molecule has 3 heterocycles. The Morgan fingerprint density at radius 3 is 2.38 bits per heavy atom. The van der Waals surface area contributed by atoms with Crippen molar-refractivity contribution in [2.45, 2.75) is 26.8 Å². The van der Waals surface area contributed by atoms with Crippen LogP contribution in [-0.2, 0) is 27.2 Å². The summed E-state index contributed by atoms with van der Waals surface area (Å²) >= 11 is 2.32. The number of fused-ring (bicyclic) bond motifs is 1. The van der Waals surface area contributed by atoms with Crippen LogP contribution in [0.2, 0.25) is 0 Å². The lowest BCUT2D eigenvalue weighted by atomic mass is 10.1. The van der Waals surface area contributed by atoms with Crippen LogP contribution in [0.25, 0.3) is 20.7 Å². The zero-order valence-electron chi connectivity index (χ0n) is 22.9. The first kappa shape index (κ1) is 28.9. The summed E-state index contributed by atoms with van der Waals surface area (Å²) in [4.78, 5) is 57.6. The van der Waals surface area contributed by atoms with Gasteiger partial charge in [-0.2, -0.15) is 0 Å². The normalized spacial score (nSPS) is 10.9. The van der Waals surface area contributed by atoms with Crippen molar-refractivity contribution in [1.82, 2.24) is 9.55 Å². The first-order valence-electron chi connectivity index (χ1n) is 13.2. The lowest BCUT2D eigenvalue weighted by molar-refractivity contribution is -0.116. The molecule has 0 bridgehead atoms. The van der Waals surface area contributed by atoms with Gasteiger partial charge in [0.2, 0.25) is 5.91 Å². The van der Waals surface area contributed by atoms with Gasteiger partial charge in [0.1, 0.15) is 21.3 Å². The van der Waals surface area contributed by atoms with Crippen LogP contribution in [-0.4, -0.2) is 40.6 Å². The number of aromatic nitrogens is 2. The monoisotopic (exact) mass is 601 g/mol. The van der Waals surface area contributed by atoms with Crippen molar-refractivity contribution in [2.75, 3.05) is 18.5 Å². The van der Waals surface area contributed by atoms with Crippen molar-refractivity contribution in [1.29, 1.82) is 0 Å². The highest BCUT2D eigenvalue weighted by atomic mass is 32.1. The van der Waals surface area contributed by atoms with E-state index in [1.807, 2.05) is 60.7 Å². The SMILES string of the molecule is CCOC(=O)c1cc(-c2ccccc2)sc1NC(=O)Cn1cnc2sc(C(=O)OCCc3ccccc3)c(C)c2c1=O. The lowest BCUT2D eigenvalue weighted by Gasteiger charge is -2.08. The molecule has 0 atom stereocenters. The predicted molar refractivity (Wildman–Crippen MR) is 163 cm³/mol. The van der Waals surface area contributed by atoms with Gasteiger partial charge in [-0.25, -0.2) is 14.6 Å². The molecule has 214 valence electrons. The standard InChI is InChI=1S/C31H27N3O6S2/c1-3-39-30(37)22-16-23(21-12-8-5-9-13-21)41-27(22)33-24(35)17-34-18-32-28-25(29(34)36)19(2)26(42-28)31(38)40-15-14-20-10-6-4-7-11-20/h4-13,16,18H,3,14-15,17H2,1-2H3,(H,33,35). The maximum Gasteiger partial charge on any atom is 0.348 e. The number of nitrogens with zero attached hydrogens (tertiary/aromatic N) is 2. The van der Waals surface area contributed by atoms with Crippen molar-refractivity contribution in [3.05, 3.63) is 105 Å². The molecule has 1 N–H and O–H groups in total. The molecule has 42 heavy (non-hydrogen) atoms. The number of carbonyl (C=O) groups is 3. The Labute approximate surface area is 249 Å². The van der Waals surface area contributed by atoms with E-state index < -0.39 is 23.4 Å². The van der Waals surface area contributed by atoms with Gasteiger partial charge in [-0.15, -0.1) is 22.7 Å². The number of anilines is 1. The third-order valence-electron chi connectivity index (χ3n) is 6.42. The van der Waals surface area contributed by atoms with Crippen LogP contribution in [0.15, 0.2) is 77.9 Å². The van der Waals surface area contributed by atoms with Crippen molar-refractivity contribution in [3.8, 4) is 10.4 Å². The first-order valence-corrected chi connectivity index (χ1v) is 14.8. The second-order valence-electron chi connectivity index (χ2n) is 9.27. The molecule has 0 aliphatic carbocycles. The number of benzene rings is 2. The number of rotatable bonds is 10. The molecule has 0 aliphatic heterocycles. The summed E-state index contributed by atoms with van der Waals surface area (Å²) in [5, 5.41) is 3.35. The van der Waals surface area contributed by atoms with Crippen LogP contribution < -0.4 is 10.9 Å². The molecule has 0 fully saturated rings. The van der Waals surface area contributed by atoms with Crippen LogP contribution in [0.4, 0.5) is 5.00 Å². The molecule has 0 spiro atoms. The zero-order chi connectivity index (χ0) is 29.6. The van der Waals surface area contributed by atoms with Gasteiger partial charge in [-0.05, 0) is 36.6 Å². The Bertz CT molecular complexity index is 1810. The fourth-order valence-corrected chi connectivity index (χ4v) is 6.45. The highest BCUT2D eigenvalue weighted by Gasteiger charge is 2.23. The summed E-state index contributed by atoms with van der Waals surface area (Å²) < 4.78 is 11.8. The minimum Gasteiger partial charge on any atom is -0.462 e. The Kier molecular flexibility index (Phi) is 8.89. The molecule has 3 aromatic heterocycles. The van der Waals surface area contributed by atoms with Gasteiger partial charge >= 0.3 is 11.9 Å². The highest BCUT2D eigenvalue weighted by Crippen LogP contribution is 2.36. The van der Waals surface area contributed by atoms with Gasteiger partial charge < -0.3 is 14.8 Å². The molecule has 0 unspecified atom stereocenters. The number of esters is 2. The number of ether oxygens (including phenoxy) is 2. The number of thiophene rings is 2. The molecule has 2 aromatic carbocycles. The van der Waals surface area contributed by atoms with Gasteiger partial charge in [-0.1, -0.05) is 60.7 Å². The summed E-state index contributed by atoms with van der Waals surface area (Å²) in [7, 11) is 0. The fraction of sp³-hybridized carbons (Fsp3) is 0.194. The summed E-state index contributed by atoms with van der Waals surface area (Å²) in [6.45, 7) is 3.43. The van der Waals surface area contributed by atoms with Gasteiger partial charge in [0.25, 0.3) is 5.56 Å². The maximum atomic E-state index is 13.3. The highest BCUT2D eigenvalue weighted by molar-refractivity contribution is 7.20. The van der Waals surface area contributed by atoms with Gasteiger partial charge in [-0.3, -0.25) is 14.2 Å². The van der Waals surface area contributed by atoms with Crippen LogP contribution in [0.1, 0.15) is 38.1 Å². The average Bonchev–Trinajstić information content (AvgIpc) is 3.57. The number of nitrogens with one attached hydrogen (secondary N) is 1. The number of carbonyl (C=O) groups excluding carboxylic acids is 3. The topological polar surface area (TPSA) is 117 Å². The Morgan fingerprint density at radius 1 is 0.952 bits per heavy atom. The summed E-state index contributed by atoms with van der Waals surface area (Å²) in [5.41, 5.74) is 2.19. The largest absolute Gasteiger partial charge is 0.462 e. The van der Waals surface area contributed by atoms with E-state index in [1.54, 1.807) is 19.9 Å². The lowest BCUT2D eigenvalue weighted by Crippen LogP contribution is -2.28. The van der Waals surface area contributed by atoms with E-state index in [4.69, 9.17) is 9.47 Å². The van der Waals surface area contributed by atoms with Gasteiger partial charge in [0.05, 0.1) is 30.5 Å². The molecule has 0 saturated heterocycles. The molecule has 5 rings (SSSR count). The van der Waals surface area contributed by atoms with E-state index >= 15 is 0 Å². The first-order chi connectivity index (χ1) is 20.4. The van der Waals surface area contributed by atoms with Crippen LogP contribution >= 0.6 is 22.7 Å². The molecule has 11 heteroatoms. The van der Waals surface area contributed by atoms with Crippen molar-refractivity contribution in [3.63, 3.8) is 0 Å². The second-order valence-corrected chi connectivity index (χ2v) is 11.3. The number of aryl methyl sites for hydroxylation is 1. The van der Waals surface area contributed by atoms with Crippen molar-refractivity contribution < 1.29 is 23.9 Å². The molecule has 0 radical (unpaired) electrons. The molecule has 9 nitrogen and oxygen atoms in total. The molecule has 1 amide bonds. The van der Waals surface area contributed by atoms with E-state index in [0.717, 1.165) is 27.3 Å². The quantitative estimate of drug-likeness (QED) is 0.204. The number of hydrogen-bond acceptors (Lipinski definition) is 9. The van der Waals surface area contributed by atoms with E-state index in [-0.39, 0.29) is 30.7 Å². The Balaban J connectivity index is 1.33. The predicted octanol–water partition coefficient (Wildman–Crippen LogP) is 5.71. The van der Waals surface area contributed by atoms with Crippen molar-refractivity contribution in [2.24, 2.45) is 0 Å². The number of amides is 1. The second kappa shape index (κ2) is 12.9. The van der Waals surface area contributed by atoms with Gasteiger partial charge in [0, 0.05) is 11.3 Å². The summed E-state index contributed by atoms with van der Waals surface area (Å²) in [6, 6.07) is 20.8. The van der Waals surface area contributed by atoms with E-state index in [9.17, 15) is 19.2 Å². The van der Waals surface area contributed by atoms with Crippen LogP contribution in [0.3, 0.4) is 0 Å². The van der Waals surface area contributed by atoms with E-state index in [2.05, 4.69) is 10.3 Å². The minimum absolute atomic E-state index is 0.187. The Morgan fingerprint density at radius 2 is 1.67 bits per heavy atom. The zero-order valence-corrected chi connectivity index (χ0v) is 24.6. The molecule has 0 aliphatic rings. The molecule has 5 aromatic rings. The summed E-state index contributed by atoms with van der Waals surface area (Å²) in [5.74, 6) is -1.59. The fourth-order valence-electron chi connectivity index (χ4n) is 4.35. The third-order valence-corrected chi connectivity index (χ3v) is 8.70. The number of hydrogen-bond donors (Lipinski definition) is 1. The van der Waals surface area contributed by atoms with E-state index in [0.29, 0.717) is 26.7 Å². The third kappa shape index (κ3) is 6.32. The molecule has 0 saturated carbocycles. The molecular weight excluding hydrogens is 574 g/mol. The van der Waals surface area contributed by atoms with Gasteiger partial charge in [0.15, 0.2) is 0 Å². The average molecular weight is 602 g/mol. The van der Waals surface area contributed by atoms with E-state index in [1.165, 1.54) is 22.2 Å². The van der Waals surface area contributed by atoms with Crippen molar-refractivity contribution >= 4 is 55.7 Å². The smallest absolute Gasteiger partial charge is 0.348 e. The molecular formula is C31H27N3O6S2.